The van der Waals surface area contributed by atoms with Crippen molar-refractivity contribution in [3.63, 3.8) is 0 Å². The molecule has 1 saturated heterocycles. The van der Waals surface area contributed by atoms with Gasteiger partial charge in [0.25, 0.3) is 0 Å². The van der Waals surface area contributed by atoms with Gasteiger partial charge in [0, 0.05) is 31.7 Å². The largest absolute Gasteiger partial charge is 0.341 e. The van der Waals surface area contributed by atoms with E-state index in [9.17, 15) is 9.59 Å². The van der Waals surface area contributed by atoms with E-state index in [0.717, 1.165) is 18.7 Å². The number of carbonyl (C=O) groups is 2. The number of carbonyl (C=O) groups excluding carboxylic acids is 2. The molecule has 0 aromatic heterocycles. The number of nitrogens with one attached hydrogen (secondary N) is 2. The number of likely N-dealkylation sites (tertiary alicyclic amines) is 1. The van der Waals surface area contributed by atoms with Crippen LogP contribution < -0.4 is 10.6 Å². The maximum Gasteiger partial charge on any atom is 0.319 e. The minimum atomic E-state index is -0.243. The number of rotatable bonds is 4. The lowest BCUT2D eigenvalue weighted by Crippen LogP contribution is -2.37. The van der Waals surface area contributed by atoms with Crippen molar-refractivity contribution >= 4 is 30.0 Å². The Kier molecular flexibility index (Phi) is 6.15. The zero-order valence-electron chi connectivity index (χ0n) is 10.6. The van der Waals surface area contributed by atoms with Crippen molar-refractivity contribution in [2.75, 3.05) is 25.0 Å². The van der Waals surface area contributed by atoms with E-state index in [0.29, 0.717) is 19.5 Å². The van der Waals surface area contributed by atoms with Crippen molar-refractivity contribution in [1.29, 1.82) is 0 Å². The van der Waals surface area contributed by atoms with Gasteiger partial charge in [0.1, 0.15) is 0 Å². The number of para-hydroxylation sites is 1. The van der Waals surface area contributed by atoms with Gasteiger partial charge in [0.2, 0.25) is 5.91 Å². The number of hydrogen-bond donors (Lipinski definition) is 2. The van der Waals surface area contributed by atoms with Gasteiger partial charge >= 0.3 is 6.03 Å². The Morgan fingerprint density at radius 2 is 2.00 bits per heavy atom. The third kappa shape index (κ3) is 4.79. The predicted molar refractivity (Wildman–Crippen MR) is 76.5 cm³/mol. The Hall–Kier alpha value is -1.75. The Bertz CT molecular complexity index is 425. The summed E-state index contributed by atoms with van der Waals surface area (Å²) in [6.45, 7) is 1.87. The average molecular weight is 284 g/mol. The van der Waals surface area contributed by atoms with Crippen LogP contribution in [0.5, 0.6) is 0 Å². The van der Waals surface area contributed by atoms with Crippen molar-refractivity contribution in [1.82, 2.24) is 10.2 Å². The minimum Gasteiger partial charge on any atom is -0.341 e. The molecule has 1 aliphatic heterocycles. The number of hydrogen-bond acceptors (Lipinski definition) is 2. The van der Waals surface area contributed by atoms with Gasteiger partial charge in [-0.3, -0.25) is 4.79 Å². The van der Waals surface area contributed by atoms with Crippen LogP contribution in [0.15, 0.2) is 30.3 Å². The lowest BCUT2D eigenvalue weighted by molar-refractivity contribution is -0.127. The summed E-state index contributed by atoms with van der Waals surface area (Å²) in [5.41, 5.74) is 0.757. The lowest BCUT2D eigenvalue weighted by atomic mass is 10.3. The first-order valence-electron chi connectivity index (χ1n) is 6.13. The van der Waals surface area contributed by atoms with E-state index in [1.807, 2.05) is 30.3 Å². The highest BCUT2D eigenvalue weighted by Gasteiger charge is 2.19. The molecule has 2 N–H and O–H groups in total. The maximum atomic E-state index is 11.5. The molecule has 3 amide bonds. The van der Waals surface area contributed by atoms with Gasteiger partial charge in [-0.1, -0.05) is 18.2 Å². The fourth-order valence-electron chi connectivity index (χ4n) is 1.94. The summed E-state index contributed by atoms with van der Waals surface area (Å²) < 4.78 is 0. The third-order valence-corrected chi connectivity index (χ3v) is 2.87. The van der Waals surface area contributed by atoms with Gasteiger partial charge in [-0.25, -0.2) is 4.79 Å². The Morgan fingerprint density at radius 3 is 2.63 bits per heavy atom. The van der Waals surface area contributed by atoms with Crippen LogP contribution in [0.4, 0.5) is 10.5 Å². The molecule has 0 unspecified atom stereocenters. The number of urea groups is 1. The zero-order chi connectivity index (χ0) is 12.8. The van der Waals surface area contributed by atoms with Crippen LogP contribution in [0.1, 0.15) is 12.8 Å². The summed E-state index contributed by atoms with van der Waals surface area (Å²) in [6.07, 6.45) is 1.56. The Morgan fingerprint density at radius 1 is 1.26 bits per heavy atom. The van der Waals surface area contributed by atoms with Crippen molar-refractivity contribution in [2.24, 2.45) is 0 Å². The molecule has 1 fully saturated rings. The number of nitrogens with zero attached hydrogens (tertiary/aromatic N) is 1. The molecule has 0 aliphatic carbocycles. The molecule has 6 heteroatoms. The van der Waals surface area contributed by atoms with E-state index in [2.05, 4.69) is 10.6 Å². The molecule has 19 heavy (non-hydrogen) atoms. The van der Waals surface area contributed by atoms with Gasteiger partial charge in [-0.05, 0) is 18.6 Å². The summed E-state index contributed by atoms with van der Waals surface area (Å²) in [4.78, 5) is 24.7. The van der Waals surface area contributed by atoms with E-state index in [-0.39, 0.29) is 24.3 Å². The number of benzene rings is 1. The second-order valence-electron chi connectivity index (χ2n) is 4.23. The molecule has 2 rings (SSSR count). The predicted octanol–water partition coefficient (Wildman–Crippen LogP) is 1.85. The topological polar surface area (TPSA) is 61.4 Å². The molecule has 0 spiro atoms. The molecule has 1 aromatic carbocycles. The number of halogens is 1. The van der Waals surface area contributed by atoms with E-state index >= 15 is 0 Å². The van der Waals surface area contributed by atoms with Crippen LogP contribution in [0.25, 0.3) is 0 Å². The molecule has 104 valence electrons. The number of anilines is 1. The van der Waals surface area contributed by atoms with Crippen LogP contribution in [0, 0.1) is 0 Å². The van der Waals surface area contributed by atoms with Gasteiger partial charge in [0.15, 0.2) is 0 Å². The van der Waals surface area contributed by atoms with Crippen molar-refractivity contribution in [3.05, 3.63) is 30.3 Å². The van der Waals surface area contributed by atoms with E-state index in [1.165, 1.54) is 0 Å². The van der Waals surface area contributed by atoms with Gasteiger partial charge < -0.3 is 15.5 Å². The van der Waals surface area contributed by atoms with Crippen molar-refractivity contribution in [3.8, 4) is 0 Å². The molecule has 1 heterocycles. The van der Waals surface area contributed by atoms with Gasteiger partial charge in [0.05, 0.1) is 0 Å². The average Bonchev–Trinajstić information content (AvgIpc) is 2.76. The second-order valence-corrected chi connectivity index (χ2v) is 4.23. The molecule has 1 aromatic rings. The minimum absolute atomic E-state index is 0. The molecule has 1 aliphatic rings. The van der Waals surface area contributed by atoms with Gasteiger partial charge in [-0.2, -0.15) is 0 Å². The van der Waals surface area contributed by atoms with Crippen molar-refractivity contribution < 1.29 is 9.59 Å². The van der Waals surface area contributed by atoms with E-state index < -0.39 is 0 Å². The van der Waals surface area contributed by atoms with Crippen molar-refractivity contribution in [2.45, 2.75) is 12.8 Å². The molecule has 0 bridgehead atoms. The molecule has 0 saturated carbocycles. The van der Waals surface area contributed by atoms with E-state index in [4.69, 9.17) is 0 Å². The summed E-state index contributed by atoms with van der Waals surface area (Å²) in [5, 5.41) is 5.46. The first kappa shape index (κ1) is 15.3. The highest BCUT2D eigenvalue weighted by atomic mass is 35.5. The standard InChI is InChI=1S/C13H17N3O2.ClH/c17-12-7-4-9-16(12)10-8-14-13(18)15-11-5-2-1-3-6-11;/h1-3,5-6H,4,7-10H2,(H2,14,15,18);1H. The SMILES string of the molecule is Cl.O=C(NCCN1CCCC1=O)Nc1ccccc1. The molecular formula is C13H18ClN3O2. The zero-order valence-corrected chi connectivity index (χ0v) is 11.4. The second kappa shape index (κ2) is 7.63. The quantitative estimate of drug-likeness (QED) is 0.886. The van der Waals surface area contributed by atoms with Crippen LogP contribution in [-0.2, 0) is 4.79 Å². The fraction of sp³-hybridized carbons (Fsp3) is 0.385. The normalized spacial score (nSPS) is 13.9. The summed E-state index contributed by atoms with van der Waals surface area (Å²) >= 11 is 0. The highest BCUT2D eigenvalue weighted by molar-refractivity contribution is 5.89. The fourth-order valence-corrected chi connectivity index (χ4v) is 1.94. The molecule has 0 atom stereocenters. The maximum absolute atomic E-state index is 11.5. The lowest BCUT2D eigenvalue weighted by Gasteiger charge is -2.15. The molecular weight excluding hydrogens is 266 g/mol. The smallest absolute Gasteiger partial charge is 0.319 e. The Balaban J connectivity index is 0.00000180. The monoisotopic (exact) mass is 283 g/mol. The van der Waals surface area contributed by atoms with Crippen LogP contribution >= 0.6 is 12.4 Å². The third-order valence-electron chi connectivity index (χ3n) is 2.87. The first-order valence-corrected chi connectivity index (χ1v) is 6.13. The van der Waals surface area contributed by atoms with E-state index in [1.54, 1.807) is 4.90 Å². The molecule has 0 radical (unpaired) electrons. The molecule has 5 nitrogen and oxygen atoms in total. The van der Waals surface area contributed by atoms with Crippen LogP contribution in [0.2, 0.25) is 0 Å². The Labute approximate surface area is 118 Å². The summed E-state index contributed by atoms with van der Waals surface area (Å²) in [5.74, 6) is 0.181. The highest BCUT2D eigenvalue weighted by Crippen LogP contribution is 2.08. The summed E-state index contributed by atoms with van der Waals surface area (Å²) in [6, 6.07) is 9.01. The number of amides is 3. The van der Waals surface area contributed by atoms with Crippen LogP contribution in [0.3, 0.4) is 0 Å². The first-order chi connectivity index (χ1) is 8.75. The van der Waals surface area contributed by atoms with Crippen LogP contribution in [-0.4, -0.2) is 36.5 Å². The van der Waals surface area contributed by atoms with Gasteiger partial charge in [-0.15, -0.1) is 12.4 Å². The summed E-state index contributed by atoms with van der Waals surface area (Å²) in [7, 11) is 0.